The van der Waals surface area contributed by atoms with Crippen molar-refractivity contribution in [3.05, 3.63) is 22.9 Å². The second kappa shape index (κ2) is 7.88. The van der Waals surface area contributed by atoms with Gasteiger partial charge < -0.3 is 10.4 Å². The highest BCUT2D eigenvalue weighted by Gasteiger charge is 2.17. The molecule has 4 nitrogen and oxygen atoms in total. The molecule has 1 unspecified atom stereocenters. The van der Waals surface area contributed by atoms with E-state index in [-0.39, 0.29) is 11.6 Å². The molecule has 0 bridgehead atoms. The van der Waals surface area contributed by atoms with E-state index in [2.05, 4.69) is 24.1 Å². The van der Waals surface area contributed by atoms with Gasteiger partial charge in [-0.1, -0.05) is 32.6 Å². The SMILES string of the molecule is CCCCCCC(C)Nc1nc(C)cc(C)c1C(=O)O. The van der Waals surface area contributed by atoms with Crippen LogP contribution in [0.25, 0.3) is 0 Å². The number of carbonyl (C=O) groups is 1. The Morgan fingerprint density at radius 1 is 1.35 bits per heavy atom. The number of nitrogens with one attached hydrogen (secondary N) is 1. The summed E-state index contributed by atoms with van der Waals surface area (Å²) in [5, 5.41) is 12.6. The van der Waals surface area contributed by atoms with Crippen LogP contribution in [-0.4, -0.2) is 22.1 Å². The molecule has 0 aliphatic carbocycles. The van der Waals surface area contributed by atoms with Crippen LogP contribution in [0.4, 0.5) is 5.82 Å². The van der Waals surface area contributed by atoms with E-state index in [1.54, 1.807) is 6.07 Å². The van der Waals surface area contributed by atoms with Gasteiger partial charge in [-0.15, -0.1) is 0 Å². The van der Waals surface area contributed by atoms with Crippen LogP contribution in [-0.2, 0) is 0 Å². The number of carboxylic acids is 1. The Morgan fingerprint density at radius 2 is 2.05 bits per heavy atom. The number of unbranched alkanes of at least 4 members (excludes halogenated alkanes) is 3. The Hall–Kier alpha value is -1.58. The van der Waals surface area contributed by atoms with Gasteiger partial charge in [0.25, 0.3) is 0 Å². The predicted molar refractivity (Wildman–Crippen MR) is 82.5 cm³/mol. The van der Waals surface area contributed by atoms with Crippen molar-refractivity contribution >= 4 is 11.8 Å². The zero-order valence-electron chi connectivity index (χ0n) is 13.0. The highest BCUT2D eigenvalue weighted by Crippen LogP contribution is 2.20. The first-order chi connectivity index (χ1) is 9.45. The van der Waals surface area contributed by atoms with E-state index in [1.807, 2.05) is 13.8 Å². The summed E-state index contributed by atoms with van der Waals surface area (Å²) in [4.78, 5) is 15.7. The standard InChI is InChI=1S/C16H26N2O2/c1-5-6-7-8-9-12(3)17-15-14(16(19)20)11(2)10-13(4)18-15/h10,12H,5-9H2,1-4H3,(H,17,18)(H,19,20). The molecule has 1 atom stereocenters. The lowest BCUT2D eigenvalue weighted by Crippen LogP contribution is -2.19. The van der Waals surface area contributed by atoms with E-state index < -0.39 is 5.97 Å². The van der Waals surface area contributed by atoms with Crippen LogP contribution in [0.2, 0.25) is 0 Å². The molecule has 112 valence electrons. The van der Waals surface area contributed by atoms with Gasteiger partial charge in [0.2, 0.25) is 0 Å². The summed E-state index contributed by atoms with van der Waals surface area (Å²) < 4.78 is 0. The number of nitrogens with zero attached hydrogens (tertiary/aromatic N) is 1. The van der Waals surface area contributed by atoms with Crippen molar-refractivity contribution in [2.24, 2.45) is 0 Å². The maximum Gasteiger partial charge on any atom is 0.339 e. The molecule has 0 spiro atoms. The van der Waals surface area contributed by atoms with Crippen molar-refractivity contribution in [1.29, 1.82) is 0 Å². The first-order valence-electron chi connectivity index (χ1n) is 7.43. The summed E-state index contributed by atoms with van der Waals surface area (Å²) in [6.07, 6.45) is 5.91. The summed E-state index contributed by atoms with van der Waals surface area (Å²) in [7, 11) is 0. The lowest BCUT2D eigenvalue weighted by Gasteiger charge is -2.17. The van der Waals surface area contributed by atoms with Gasteiger partial charge in [-0.25, -0.2) is 9.78 Å². The number of hydrogen-bond acceptors (Lipinski definition) is 3. The molecule has 0 aliphatic rings. The average Bonchev–Trinajstić information content (AvgIpc) is 2.33. The Morgan fingerprint density at radius 3 is 2.65 bits per heavy atom. The van der Waals surface area contributed by atoms with E-state index in [4.69, 9.17) is 0 Å². The fraction of sp³-hybridized carbons (Fsp3) is 0.625. The van der Waals surface area contributed by atoms with E-state index in [0.717, 1.165) is 24.1 Å². The molecule has 1 aromatic heterocycles. The highest BCUT2D eigenvalue weighted by atomic mass is 16.4. The van der Waals surface area contributed by atoms with Gasteiger partial charge in [-0.05, 0) is 38.8 Å². The van der Waals surface area contributed by atoms with Gasteiger partial charge in [0.15, 0.2) is 0 Å². The summed E-state index contributed by atoms with van der Waals surface area (Å²) in [5.74, 6) is -0.423. The molecule has 2 N–H and O–H groups in total. The molecule has 20 heavy (non-hydrogen) atoms. The van der Waals surface area contributed by atoms with Gasteiger partial charge in [-0.2, -0.15) is 0 Å². The topological polar surface area (TPSA) is 62.2 Å². The zero-order valence-corrected chi connectivity index (χ0v) is 13.0. The van der Waals surface area contributed by atoms with Crippen molar-refractivity contribution in [3.8, 4) is 0 Å². The first-order valence-corrected chi connectivity index (χ1v) is 7.43. The van der Waals surface area contributed by atoms with Crippen LogP contribution in [0.5, 0.6) is 0 Å². The lowest BCUT2D eigenvalue weighted by atomic mass is 10.1. The lowest BCUT2D eigenvalue weighted by molar-refractivity contribution is 0.0697. The maximum atomic E-state index is 11.4. The van der Waals surface area contributed by atoms with E-state index in [9.17, 15) is 9.90 Å². The van der Waals surface area contributed by atoms with Crippen molar-refractivity contribution in [1.82, 2.24) is 4.98 Å². The summed E-state index contributed by atoms with van der Waals surface area (Å²) in [6, 6.07) is 2.04. The summed E-state index contributed by atoms with van der Waals surface area (Å²) in [6.45, 7) is 7.97. The number of aromatic carboxylic acids is 1. The third kappa shape index (κ3) is 4.83. The van der Waals surface area contributed by atoms with Gasteiger partial charge in [0.1, 0.15) is 11.4 Å². The molecule has 0 aromatic carbocycles. The van der Waals surface area contributed by atoms with Crippen molar-refractivity contribution < 1.29 is 9.90 Å². The minimum atomic E-state index is -0.921. The fourth-order valence-electron chi connectivity index (χ4n) is 2.39. The largest absolute Gasteiger partial charge is 0.478 e. The number of aryl methyl sites for hydroxylation is 2. The van der Waals surface area contributed by atoms with Crippen LogP contribution in [0.1, 0.15) is 67.6 Å². The van der Waals surface area contributed by atoms with Crippen LogP contribution < -0.4 is 5.32 Å². The second-order valence-corrected chi connectivity index (χ2v) is 5.50. The maximum absolute atomic E-state index is 11.4. The first kappa shape index (κ1) is 16.5. The van der Waals surface area contributed by atoms with Gasteiger partial charge in [0, 0.05) is 11.7 Å². The average molecular weight is 278 g/mol. The van der Waals surface area contributed by atoms with Crippen LogP contribution >= 0.6 is 0 Å². The molecule has 0 saturated heterocycles. The van der Waals surface area contributed by atoms with Gasteiger partial charge in [0.05, 0.1) is 0 Å². The third-order valence-corrected chi connectivity index (χ3v) is 3.43. The molecule has 4 heteroatoms. The second-order valence-electron chi connectivity index (χ2n) is 5.50. The van der Waals surface area contributed by atoms with E-state index in [0.29, 0.717) is 5.82 Å². The Labute approximate surface area is 121 Å². The molecule has 0 saturated carbocycles. The van der Waals surface area contributed by atoms with Crippen molar-refractivity contribution in [2.45, 2.75) is 65.8 Å². The minimum Gasteiger partial charge on any atom is -0.478 e. The molecule has 0 amide bonds. The minimum absolute atomic E-state index is 0.235. The molecule has 0 radical (unpaired) electrons. The zero-order chi connectivity index (χ0) is 15.1. The summed E-state index contributed by atoms with van der Waals surface area (Å²) in [5.41, 5.74) is 1.88. The molecule has 1 heterocycles. The Kier molecular flexibility index (Phi) is 6.49. The fourth-order valence-corrected chi connectivity index (χ4v) is 2.39. The van der Waals surface area contributed by atoms with Crippen LogP contribution in [0.3, 0.4) is 0 Å². The number of rotatable bonds is 8. The molecule has 0 aliphatic heterocycles. The van der Waals surface area contributed by atoms with Gasteiger partial charge >= 0.3 is 5.97 Å². The quantitative estimate of drug-likeness (QED) is 0.701. The Balaban J connectivity index is 2.73. The van der Waals surface area contributed by atoms with Crippen molar-refractivity contribution in [3.63, 3.8) is 0 Å². The molecular formula is C16H26N2O2. The predicted octanol–water partition coefficient (Wildman–Crippen LogP) is 4.17. The molecule has 1 aromatic rings. The Bertz CT molecular complexity index is 458. The van der Waals surface area contributed by atoms with Crippen molar-refractivity contribution in [2.75, 3.05) is 5.32 Å². The van der Waals surface area contributed by atoms with Crippen LogP contribution in [0, 0.1) is 13.8 Å². The highest BCUT2D eigenvalue weighted by molar-refractivity contribution is 5.94. The number of aromatic nitrogens is 1. The summed E-state index contributed by atoms with van der Waals surface area (Å²) >= 11 is 0. The number of hydrogen-bond donors (Lipinski definition) is 2. The molecular weight excluding hydrogens is 252 g/mol. The monoisotopic (exact) mass is 278 g/mol. The number of pyridine rings is 1. The normalized spacial score (nSPS) is 12.2. The van der Waals surface area contributed by atoms with Gasteiger partial charge in [-0.3, -0.25) is 0 Å². The molecule has 1 rings (SSSR count). The van der Waals surface area contributed by atoms with Crippen LogP contribution in [0.15, 0.2) is 6.07 Å². The smallest absolute Gasteiger partial charge is 0.339 e. The number of carboxylic acid groups (broad SMARTS) is 1. The van der Waals surface area contributed by atoms with E-state index in [1.165, 1.54) is 19.3 Å². The van der Waals surface area contributed by atoms with E-state index >= 15 is 0 Å². The number of anilines is 1. The third-order valence-electron chi connectivity index (χ3n) is 3.43. The molecule has 0 fully saturated rings.